The first-order valence-corrected chi connectivity index (χ1v) is 42.4. The van der Waals surface area contributed by atoms with Crippen molar-refractivity contribution in [2.45, 2.75) is 174 Å². The number of nitrogens with one attached hydrogen (secondary N) is 5. The number of aromatic nitrogens is 8. The molecule has 37 nitrogen and oxygen atoms in total. The van der Waals surface area contributed by atoms with Gasteiger partial charge in [-0.15, -0.1) is 10.7 Å². The number of likely N-dealkylation sites (N-methyl/N-ethyl adjacent to an activating group) is 1. The molecule has 644 valence electrons. The van der Waals surface area contributed by atoms with Crippen LogP contribution in [0.3, 0.4) is 0 Å². The van der Waals surface area contributed by atoms with E-state index in [2.05, 4.69) is 74.8 Å². The third-order valence-corrected chi connectivity index (χ3v) is 28.1. The van der Waals surface area contributed by atoms with E-state index < -0.39 is 129 Å². The Kier molecular flexibility index (Phi) is 27.0. The Morgan fingerprint density at radius 2 is 1.69 bits per heavy atom. The summed E-state index contributed by atoms with van der Waals surface area (Å²) in [4.78, 5) is 136. The second kappa shape index (κ2) is 36.7. The van der Waals surface area contributed by atoms with Gasteiger partial charge in [-0.05, 0) is 93.0 Å². The summed E-state index contributed by atoms with van der Waals surface area (Å²) >= 11 is 0. The molecular weight excluding hydrogens is 1600 g/mol. The van der Waals surface area contributed by atoms with Gasteiger partial charge in [-0.3, -0.25) is 43.6 Å². The number of aryl methyl sites for hydroxylation is 2. The fraction of sp³-hybridized carbons (Fsp3) is 0.543. The Morgan fingerprint density at radius 1 is 0.925 bits per heavy atom. The molecule has 0 radical (unpaired) electrons. The number of aliphatic hydroxyl groups is 6. The molecular formula is C81H101N15O22S2. The predicted octanol–water partition coefficient (Wildman–Crippen LogP) is 0.932. The summed E-state index contributed by atoms with van der Waals surface area (Å²) in [5.74, 6) is -4.41. The predicted molar refractivity (Wildman–Crippen MR) is 431 cm³/mol. The van der Waals surface area contributed by atoms with Gasteiger partial charge < -0.3 is 85.6 Å². The molecule has 1 spiro atoms. The van der Waals surface area contributed by atoms with Gasteiger partial charge in [0.1, 0.15) is 48.7 Å². The quantitative estimate of drug-likeness (QED) is 0.00390. The Balaban J connectivity index is 0.00000409. The number of Topliss-reactive ketones (excluding diaryl/α,β-unsaturated/α-hetero) is 2. The molecule has 7 aliphatic rings. The van der Waals surface area contributed by atoms with Crippen molar-refractivity contribution < 1.29 is 103 Å². The topological polar surface area (TPSA) is 534 Å². The average molecular weight is 1700 g/mol. The van der Waals surface area contributed by atoms with Crippen LogP contribution in [0.5, 0.6) is 5.75 Å². The lowest BCUT2D eigenvalue weighted by atomic mass is 9.41. The van der Waals surface area contributed by atoms with E-state index in [1.165, 1.54) is 38.7 Å². The number of methoxy groups -OCH3 is 1. The lowest BCUT2D eigenvalue weighted by Crippen LogP contribution is -2.87. The molecule has 1 saturated carbocycles. The molecule has 4 fully saturated rings. The van der Waals surface area contributed by atoms with Crippen molar-refractivity contribution in [3.05, 3.63) is 140 Å². The number of ketones is 2. The molecule has 3 saturated heterocycles. The number of hydrogen-bond acceptors (Lipinski definition) is 34. The van der Waals surface area contributed by atoms with Crippen molar-refractivity contribution >= 4 is 97.3 Å². The maximum Gasteiger partial charge on any atom is 0.373 e. The van der Waals surface area contributed by atoms with Crippen LogP contribution in [0, 0.1) is 17.3 Å². The van der Waals surface area contributed by atoms with E-state index in [-0.39, 0.29) is 91.9 Å². The molecule has 2 bridgehead atoms. The number of anilines is 2. The van der Waals surface area contributed by atoms with Crippen LogP contribution in [0.15, 0.2) is 90.0 Å². The number of aromatic amines is 2. The number of nitrogens with zero attached hydrogens (tertiary/aromatic N) is 9. The normalized spacial score (nSPS) is 28.9. The third-order valence-electron chi connectivity index (χ3n) is 25.8. The number of ether oxygens (including phenoxy) is 5. The van der Waals surface area contributed by atoms with Crippen LogP contribution in [-0.2, 0) is 95.6 Å². The molecule has 10 heterocycles. The number of carbonyl (C=O) groups is 6. The molecule has 7 aromatic rings. The van der Waals surface area contributed by atoms with Crippen molar-refractivity contribution in [2.24, 2.45) is 17.3 Å². The van der Waals surface area contributed by atoms with E-state index in [0.29, 0.717) is 113 Å². The number of hydrazine groups is 1. The monoisotopic (exact) mass is 1700 g/mol. The highest BCUT2D eigenvalue weighted by Gasteiger charge is 2.83. The first-order valence-electron chi connectivity index (χ1n) is 39.9. The molecule has 3 unspecified atom stereocenters. The van der Waals surface area contributed by atoms with Crippen molar-refractivity contribution in [1.29, 1.82) is 0 Å². The molecule has 1 aliphatic carbocycles. The maximum absolute atomic E-state index is 15.2. The van der Waals surface area contributed by atoms with Crippen LogP contribution < -0.4 is 37.3 Å². The minimum Gasteiger partial charge on any atom is -0.496 e. The Morgan fingerprint density at radius 3 is 2.42 bits per heavy atom. The van der Waals surface area contributed by atoms with Crippen molar-refractivity contribution in [3.8, 4) is 5.75 Å². The number of esters is 1. The van der Waals surface area contributed by atoms with E-state index in [1.807, 2.05) is 67.8 Å². The molecule has 14 rings (SSSR count). The van der Waals surface area contributed by atoms with Gasteiger partial charge in [-0.2, -0.15) is 14.6 Å². The first kappa shape index (κ1) is 88.3. The fourth-order valence-corrected chi connectivity index (χ4v) is 22.1. The molecule has 3 aromatic carbocycles. The number of benzene rings is 3. The number of H-pyrrole nitrogens is 2. The van der Waals surface area contributed by atoms with Gasteiger partial charge in [0, 0.05) is 133 Å². The van der Waals surface area contributed by atoms with Gasteiger partial charge in [0.25, 0.3) is 12.0 Å². The van der Waals surface area contributed by atoms with E-state index in [9.17, 15) is 69.7 Å². The van der Waals surface area contributed by atoms with Gasteiger partial charge in [-0.25, -0.2) is 24.9 Å². The molecule has 15 N–H and O–H groups in total. The van der Waals surface area contributed by atoms with Gasteiger partial charge in [0.2, 0.25) is 11.9 Å². The van der Waals surface area contributed by atoms with E-state index in [4.69, 9.17) is 39.0 Å². The molecule has 1 amide bonds. The average Bonchev–Trinajstić information content (AvgIpc) is 1.45. The number of nitrogen functional groups attached to an aromatic ring is 1. The molecule has 39 heteroatoms. The minimum atomic E-state index is -2.47. The SMILES string of the molecule is CC[C@]1(O)C[C@H]2CN(CCc3c([nH]c4ccccc34)[C@@](COC=O)(c3cc4c(cc3OC)N(C)[C@H]3[C@@](O)([C@H](NNO)C(=O)OCCSSCCNC(=O)[C@@H](CC(=O)CC(=O)c5ccc(CCc6cnc7nc(N)[nH]c(=O)c7n6)cc5)Cc5cn(CCO[C@@H]6OC(C(=O)O)[C@@H](O)[C@H](O)C6O)nn5)[C@H](O)[C@]5(CC)C=CCN6CC[C@]43[C@@]65C)C2)C1.O=C=O. The zero-order valence-corrected chi connectivity index (χ0v) is 68.5. The summed E-state index contributed by atoms with van der Waals surface area (Å²) in [7, 11) is 6.07. The third kappa shape index (κ3) is 16.4. The largest absolute Gasteiger partial charge is 0.496 e. The van der Waals surface area contributed by atoms with Gasteiger partial charge in [0.15, 0.2) is 35.4 Å². The number of para-hydroxylation sites is 1. The number of rotatable bonds is 34. The Hall–Kier alpha value is -9.52. The lowest BCUT2D eigenvalue weighted by Gasteiger charge is -2.70. The van der Waals surface area contributed by atoms with Crippen molar-refractivity contribution in [1.82, 2.24) is 66.0 Å². The number of fused-ring (bicyclic) bond motifs is 7. The number of piperidine rings is 1. The highest BCUT2D eigenvalue weighted by molar-refractivity contribution is 8.76. The highest BCUT2D eigenvalue weighted by Crippen LogP contribution is 2.73. The maximum atomic E-state index is 15.2. The zero-order valence-electron chi connectivity index (χ0n) is 66.9. The Bertz CT molecular complexity index is 5070. The number of amides is 1. The molecule has 6 aliphatic heterocycles. The van der Waals surface area contributed by atoms with Crippen LogP contribution in [0.4, 0.5) is 11.6 Å². The number of aliphatic hydroxyl groups excluding tert-OH is 4. The van der Waals surface area contributed by atoms with E-state index in [0.717, 1.165) is 38.9 Å². The van der Waals surface area contributed by atoms with E-state index >= 15 is 4.79 Å². The summed E-state index contributed by atoms with van der Waals surface area (Å²) in [6, 6.07) is 15.9. The smallest absolute Gasteiger partial charge is 0.373 e. The number of carbonyl (C=O) groups excluding carboxylic acids is 7. The number of carboxylic acid groups (broad SMARTS) is 1. The second-order valence-electron chi connectivity index (χ2n) is 32.1. The summed E-state index contributed by atoms with van der Waals surface area (Å²) < 4.78 is 30.8. The summed E-state index contributed by atoms with van der Waals surface area (Å²) in [5, 5.41) is 103. The second-order valence-corrected chi connectivity index (χ2v) is 34.8. The van der Waals surface area contributed by atoms with Crippen molar-refractivity contribution in [3.63, 3.8) is 0 Å². The summed E-state index contributed by atoms with van der Waals surface area (Å²) in [6.07, 6.45) is -0.930. The Labute approximate surface area is 696 Å². The van der Waals surface area contributed by atoms with Crippen LogP contribution >= 0.6 is 21.6 Å². The van der Waals surface area contributed by atoms with Crippen LogP contribution in [0.2, 0.25) is 0 Å². The van der Waals surface area contributed by atoms with Gasteiger partial charge in [0.05, 0.1) is 73.3 Å². The van der Waals surface area contributed by atoms with Crippen molar-refractivity contribution in [2.75, 3.05) is 95.4 Å². The standard InChI is InChI=1S/C80H101N15O20S2.CO2/c1-6-76(108)36-45-37-77(42-112-43-96,64-52(19-24-93(39-45)41-76)51-11-8-9-12-55(51)85-64)54-34-53-56(35-58(54)111-5)92(4)72-79(53)21-25-94-23-10-20-78(7-2,75(79,94)3)73(107)80(72,109)65(89-91-110)70(106)113-28-30-117-116-29-22-82-67(102)47(31-49-40-95(90-88-49)26-27-114-71-62(101)60(99)61(100)63(115-71)69(104)105)32-50(97)33-57(98)46-16-13-44(14-17-46)15-18-48-38-83-66-59(84-48)68(103)87-74(81)86-66;2-1-3/h8-14,16-17,20,34-35,38,40,43,45,47,60-63,65,71-73,85,89,91,99-101,107-110H,6-7,15,18-19,21-33,36-37,39,41-42H2,1-5H3,(H,82,102)(H,104,105)(H3,81,83,86,87,103);/t45-,47-,60+,61+,62?,63?,65-,71-,72-,73-,75+,76+,77+,78+,79+,80+;/m1./s1. The van der Waals surface area contributed by atoms with Crippen LogP contribution in [-0.4, -0.2) is 283 Å². The molecule has 17 atom stereocenters. The number of carboxylic acids is 1. The summed E-state index contributed by atoms with van der Waals surface area (Å²) in [6.45, 7) is 9.01. The zero-order chi connectivity index (χ0) is 85.8. The minimum absolute atomic E-state index is 0.0452. The molecule has 120 heavy (non-hydrogen) atoms. The highest BCUT2D eigenvalue weighted by atomic mass is 33.1. The molecule has 4 aromatic heterocycles. The van der Waals surface area contributed by atoms with Gasteiger partial charge >= 0.3 is 18.1 Å². The fourth-order valence-electron chi connectivity index (χ4n) is 20.3. The van der Waals surface area contributed by atoms with Gasteiger partial charge in [-0.1, -0.05) is 95.3 Å². The number of nitrogens with two attached hydrogens (primary N) is 1. The lowest BCUT2D eigenvalue weighted by molar-refractivity contribution is -0.294. The summed E-state index contributed by atoms with van der Waals surface area (Å²) in [5.41, 5.74) is 8.83. The van der Waals surface area contributed by atoms with Crippen LogP contribution in [0.25, 0.3) is 22.1 Å². The number of aliphatic carboxylic acids is 1. The first-order chi connectivity index (χ1) is 57.6. The van der Waals surface area contributed by atoms with Crippen LogP contribution in [0.1, 0.15) is 115 Å². The van der Waals surface area contributed by atoms with E-state index in [1.54, 1.807) is 31.4 Å². The number of hydrogen-bond donors (Lipinski definition) is 14.